The molecule has 0 aliphatic carbocycles. The van der Waals surface area contributed by atoms with E-state index in [0.717, 1.165) is 0 Å². The van der Waals surface area contributed by atoms with Crippen LogP contribution in [-0.2, 0) is 0 Å². The molecule has 0 saturated carbocycles. The molecule has 0 aliphatic heterocycles. The van der Waals surface area contributed by atoms with E-state index < -0.39 is 20.2 Å². The molecule has 0 radical (unpaired) electrons. The Morgan fingerprint density at radius 3 is 1.50 bits per heavy atom. The average Bonchev–Trinajstić information content (AvgIpc) is 1.36. The van der Waals surface area contributed by atoms with Crippen LogP contribution in [0.15, 0.2) is 0 Å². The van der Waals surface area contributed by atoms with Crippen molar-refractivity contribution in [3.8, 4) is 0 Å². The minimum absolute atomic E-state index is 0.0204. The third-order valence-electron chi connectivity index (χ3n) is 0.390. The molecule has 6 heavy (non-hydrogen) atoms. The third kappa shape index (κ3) is 3.58. The van der Waals surface area contributed by atoms with Crippen molar-refractivity contribution < 1.29 is 0 Å². The summed E-state index contributed by atoms with van der Waals surface area (Å²) in [5.41, 5.74) is 0. The van der Waals surface area contributed by atoms with Crippen LogP contribution >= 0.6 is 23.2 Å². The van der Waals surface area contributed by atoms with Gasteiger partial charge in [0.2, 0.25) is 0 Å². The van der Waals surface area contributed by atoms with Gasteiger partial charge in [0.25, 0.3) is 0 Å². The van der Waals surface area contributed by atoms with Gasteiger partial charge < -0.3 is 0 Å². The van der Waals surface area contributed by atoms with E-state index in [-0.39, 0.29) is 2.78 Å². The van der Waals surface area contributed by atoms with E-state index in [0.29, 0.717) is 0 Å². The monoisotopic (exact) mass is 234 g/mol. The molecule has 0 unspecified atom stereocenters. The summed E-state index contributed by atoms with van der Waals surface area (Å²) in [5, 5.41) is 0. The zero-order chi connectivity index (χ0) is 5.15. The van der Waals surface area contributed by atoms with Crippen molar-refractivity contribution >= 4 is 43.4 Å². The molecule has 0 aromatic carbocycles. The third-order valence-corrected chi connectivity index (χ3v) is 7.86. The molecule has 0 aromatic rings. The SMILES string of the molecule is [CH3][Sb]([CH3])[CH](Cl)Cl. The van der Waals surface area contributed by atoms with E-state index >= 15 is 0 Å². The zero-order valence-electron chi connectivity index (χ0n) is 3.78. The molecule has 0 heterocycles. The Morgan fingerprint density at radius 1 is 1.33 bits per heavy atom. The van der Waals surface area contributed by atoms with Crippen LogP contribution in [0.4, 0.5) is 0 Å². The minimum atomic E-state index is -1.06. The van der Waals surface area contributed by atoms with Crippen molar-refractivity contribution in [1.29, 1.82) is 0 Å². The van der Waals surface area contributed by atoms with Crippen molar-refractivity contribution in [2.45, 2.75) is 12.5 Å². The fourth-order valence-electron chi connectivity index (χ4n) is 0. The molecule has 0 aliphatic rings. The molecule has 3 heteroatoms. The second kappa shape index (κ2) is 3.41. The zero-order valence-corrected chi connectivity index (χ0v) is 7.85. The molecule has 38 valence electrons. The number of hydrogen-bond acceptors (Lipinski definition) is 0. The molecule has 0 nitrogen and oxygen atoms in total. The van der Waals surface area contributed by atoms with Gasteiger partial charge in [-0.25, -0.2) is 0 Å². The summed E-state index contributed by atoms with van der Waals surface area (Å²) in [4.78, 5) is 4.32. The quantitative estimate of drug-likeness (QED) is 0.482. The molecule has 0 amide bonds. The number of alkyl halides is 2. The Labute approximate surface area is 55.8 Å². The van der Waals surface area contributed by atoms with Crippen LogP contribution < -0.4 is 0 Å². The van der Waals surface area contributed by atoms with Crippen LogP contribution in [-0.4, -0.2) is 23.0 Å². The van der Waals surface area contributed by atoms with E-state index in [1.54, 1.807) is 0 Å². The average molecular weight is 236 g/mol. The summed E-state index contributed by atoms with van der Waals surface area (Å²) < 4.78 is -0.0204. The molecule has 0 bridgehead atoms. The standard InChI is InChI=1S/CHCl2.2CH3.Sb/c2-1-3;;;/h1H;2*1H3;. The summed E-state index contributed by atoms with van der Waals surface area (Å²) in [6, 6.07) is 0. The summed E-state index contributed by atoms with van der Waals surface area (Å²) in [6.45, 7) is 0. The molecule has 0 atom stereocenters. The van der Waals surface area contributed by atoms with Gasteiger partial charge in [0, 0.05) is 0 Å². The van der Waals surface area contributed by atoms with Gasteiger partial charge in [0.1, 0.15) is 0 Å². The Morgan fingerprint density at radius 2 is 1.50 bits per heavy atom. The first-order valence-electron chi connectivity index (χ1n) is 1.59. The summed E-state index contributed by atoms with van der Waals surface area (Å²) >= 11 is 9.86. The van der Waals surface area contributed by atoms with E-state index in [9.17, 15) is 0 Å². The summed E-state index contributed by atoms with van der Waals surface area (Å²) in [5.74, 6) is 0. The van der Waals surface area contributed by atoms with Gasteiger partial charge in [0.15, 0.2) is 0 Å². The van der Waals surface area contributed by atoms with Crippen LogP contribution in [0.25, 0.3) is 0 Å². The van der Waals surface area contributed by atoms with Crippen molar-refractivity contribution in [3.63, 3.8) is 0 Å². The predicted octanol–water partition coefficient (Wildman–Crippen LogP) is 2.08. The van der Waals surface area contributed by atoms with Gasteiger partial charge in [-0.1, -0.05) is 0 Å². The van der Waals surface area contributed by atoms with Gasteiger partial charge in [-0.3, -0.25) is 0 Å². The molecule has 0 fully saturated rings. The van der Waals surface area contributed by atoms with Gasteiger partial charge in [-0.15, -0.1) is 0 Å². The maximum atomic E-state index is 5.46. The predicted molar refractivity (Wildman–Crippen MR) is 33.0 cm³/mol. The number of hydrogen-bond donors (Lipinski definition) is 0. The summed E-state index contributed by atoms with van der Waals surface area (Å²) in [6.07, 6.45) is 0. The van der Waals surface area contributed by atoms with Gasteiger partial charge in [0.05, 0.1) is 0 Å². The molecule has 0 N–H and O–H groups in total. The fourth-order valence-corrected chi connectivity index (χ4v) is 0. The van der Waals surface area contributed by atoms with Crippen molar-refractivity contribution in [1.82, 2.24) is 0 Å². The van der Waals surface area contributed by atoms with Crippen LogP contribution in [0, 0.1) is 0 Å². The fraction of sp³-hybridized carbons (Fsp3) is 1.00. The Balaban J connectivity index is 2.99. The first-order valence-corrected chi connectivity index (χ1v) is 9.04. The molecule has 0 spiro atoms. The number of halogens is 2. The maximum absolute atomic E-state index is 5.46. The molecule has 0 saturated heterocycles. The molecular formula is C3H7Cl2Sb. The van der Waals surface area contributed by atoms with Gasteiger partial charge in [-0.2, -0.15) is 0 Å². The van der Waals surface area contributed by atoms with Gasteiger partial charge in [-0.05, 0) is 0 Å². The second-order valence-corrected chi connectivity index (χ2v) is 11.1. The van der Waals surface area contributed by atoms with Crippen molar-refractivity contribution in [3.05, 3.63) is 0 Å². The second-order valence-electron chi connectivity index (χ2n) is 1.24. The first kappa shape index (κ1) is 7.40. The number of rotatable bonds is 1. The molecule has 0 aromatic heterocycles. The van der Waals surface area contributed by atoms with Crippen molar-refractivity contribution in [2.75, 3.05) is 0 Å². The van der Waals surface area contributed by atoms with Crippen molar-refractivity contribution in [2.24, 2.45) is 0 Å². The first-order chi connectivity index (χ1) is 2.64. The normalized spacial score (nSPS) is 11.0. The Bertz CT molecular complexity index is 29.8. The molecular weight excluding hydrogens is 229 g/mol. The van der Waals surface area contributed by atoms with Crippen LogP contribution in [0.3, 0.4) is 0 Å². The topological polar surface area (TPSA) is 0 Å². The summed E-state index contributed by atoms with van der Waals surface area (Å²) in [7, 11) is 0. The Hall–Kier alpha value is 1.40. The van der Waals surface area contributed by atoms with Gasteiger partial charge >= 0.3 is 55.9 Å². The van der Waals surface area contributed by atoms with Crippen LogP contribution in [0.1, 0.15) is 0 Å². The Kier molecular flexibility index (Phi) is 4.20. The van der Waals surface area contributed by atoms with Crippen LogP contribution in [0.5, 0.6) is 0 Å². The van der Waals surface area contributed by atoms with E-state index in [4.69, 9.17) is 23.2 Å². The van der Waals surface area contributed by atoms with E-state index in [1.807, 2.05) is 0 Å². The molecule has 0 rings (SSSR count). The van der Waals surface area contributed by atoms with Crippen LogP contribution in [0.2, 0.25) is 9.74 Å². The van der Waals surface area contributed by atoms with E-state index in [1.165, 1.54) is 0 Å². The van der Waals surface area contributed by atoms with E-state index in [2.05, 4.69) is 9.74 Å².